The molecule has 0 fully saturated rings. The number of rotatable bonds is 4. The van der Waals surface area contributed by atoms with Gasteiger partial charge in [0.05, 0.1) is 29.4 Å². The summed E-state index contributed by atoms with van der Waals surface area (Å²) in [6.07, 6.45) is 1.84. The molecular formula is C37H28N4S. The lowest BCUT2D eigenvalue weighted by molar-refractivity contribution is 0.948. The fourth-order valence-electron chi connectivity index (χ4n) is 5.99. The Morgan fingerprint density at radius 2 is 1.29 bits per heavy atom. The van der Waals surface area contributed by atoms with Crippen LogP contribution in [0.2, 0.25) is 0 Å². The second-order valence-electron chi connectivity index (χ2n) is 10.4. The molecule has 0 unspecified atom stereocenters. The molecular weight excluding hydrogens is 533 g/mol. The van der Waals surface area contributed by atoms with E-state index in [4.69, 9.17) is 9.10 Å². The minimum Gasteiger partial charge on any atom is -0.355 e. The zero-order chi connectivity index (χ0) is 30.5. The van der Waals surface area contributed by atoms with Crippen LogP contribution in [0.15, 0.2) is 149 Å². The molecule has 0 N–H and O–H groups in total. The Morgan fingerprint density at radius 1 is 0.595 bits per heavy atom. The van der Waals surface area contributed by atoms with Crippen molar-refractivity contribution < 1.29 is 4.11 Å². The summed E-state index contributed by atoms with van der Waals surface area (Å²) < 4.78 is 24.3. The first kappa shape index (κ1) is 21.7. The van der Waals surface area contributed by atoms with Crippen LogP contribution in [0.5, 0.6) is 0 Å². The van der Waals surface area contributed by atoms with Crippen LogP contribution >= 0.6 is 11.8 Å². The molecule has 5 heteroatoms. The summed E-state index contributed by atoms with van der Waals surface area (Å²) in [4.78, 5) is 12.8. The van der Waals surface area contributed by atoms with Crippen molar-refractivity contribution in [2.24, 2.45) is 0 Å². The van der Waals surface area contributed by atoms with Crippen LogP contribution < -0.4 is 14.7 Å². The Hall–Kier alpha value is -5.00. The number of anilines is 6. The van der Waals surface area contributed by atoms with Gasteiger partial charge in [-0.2, -0.15) is 0 Å². The van der Waals surface area contributed by atoms with E-state index in [1.54, 1.807) is 11.8 Å². The van der Waals surface area contributed by atoms with Crippen LogP contribution in [-0.2, 0) is 0 Å². The molecule has 0 atom stereocenters. The van der Waals surface area contributed by atoms with E-state index >= 15 is 0 Å². The number of hydrogen-bond acceptors (Lipinski definition) is 5. The summed E-state index contributed by atoms with van der Waals surface area (Å²) in [5.74, 6) is 0.856. The van der Waals surface area contributed by atoms with Gasteiger partial charge in [-0.05, 0) is 71.8 Å². The van der Waals surface area contributed by atoms with Gasteiger partial charge in [-0.15, -0.1) is 0 Å². The molecule has 202 valence electrons. The highest BCUT2D eigenvalue weighted by molar-refractivity contribution is 7.99. The number of pyridine rings is 1. The Morgan fingerprint density at radius 3 is 2.07 bits per heavy atom. The molecule has 4 nitrogen and oxygen atoms in total. The van der Waals surface area contributed by atoms with Crippen molar-refractivity contribution >= 4 is 46.0 Å². The number of para-hydroxylation sites is 3. The molecule has 2 aliphatic rings. The molecule has 0 radical (unpaired) electrons. The largest absolute Gasteiger partial charge is 0.355 e. The summed E-state index contributed by atoms with van der Waals surface area (Å²) in [6, 6.07) is 45.8. The van der Waals surface area contributed by atoms with Crippen molar-refractivity contribution in [2.75, 3.05) is 28.3 Å². The standard InChI is InChI=1S/C37H28N4S/c1-39-25-40(35-18-7-6-17-34(35)39)26-11-10-12-27(23-26)42-28-20-21-32-30-14-3-2-13-29(30)31-15-4-5-16-33(31)41(36(32)24-28)37-19-8-9-22-38-37/h2-24H,25H2,1H3/i1D3. The highest BCUT2D eigenvalue weighted by atomic mass is 32.2. The topological polar surface area (TPSA) is 22.6 Å². The van der Waals surface area contributed by atoms with Gasteiger partial charge in [-0.25, -0.2) is 4.98 Å². The molecule has 6 aromatic rings. The van der Waals surface area contributed by atoms with Crippen LogP contribution in [-0.4, -0.2) is 18.6 Å². The van der Waals surface area contributed by atoms with Crippen molar-refractivity contribution in [3.05, 3.63) is 140 Å². The number of fused-ring (bicyclic) bond motifs is 6. The maximum atomic E-state index is 8.08. The number of benzene rings is 5. The van der Waals surface area contributed by atoms with Crippen LogP contribution in [0.25, 0.3) is 22.3 Å². The highest BCUT2D eigenvalue weighted by Gasteiger charge is 2.27. The van der Waals surface area contributed by atoms with Crippen molar-refractivity contribution in [1.82, 2.24) is 4.98 Å². The monoisotopic (exact) mass is 563 g/mol. The average molecular weight is 564 g/mol. The molecule has 1 aromatic heterocycles. The van der Waals surface area contributed by atoms with E-state index in [1.807, 2.05) is 54.7 Å². The van der Waals surface area contributed by atoms with Crippen molar-refractivity contribution in [2.45, 2.75) is 9.79 Å². The molecule has 0 bridgehead atoms. The molecule has 8 rings (SSSR count). The molecule has 0 aliphatic carbocycles. The van der Waals surface area contributed by atoms with E-state index in [2.05, 4.69) is 94.7 Å². The predicted octanol–water partition coefficient (Wildman–Crippen LogP) is 9.90. The molecule has 0 amide bonds. The Balaban J connectivity index is 1.21. The van der Waals surface area contributed by atoms with E-state index in [9.17, 15) is 0 Å². The smallest absolute Gasteiger partial charge is 0.137 e. The first-order chi connectivity index (χ1) is 22.0. The second kappa shape index (κ2) is 10.1. The van der Waals surface area contributed by atoms with Gasteiger partial charge in [0.1, 0.15) is 5.82 Å². The molecule has 0 spiro atoms. The molecule has 3 heterocycles. The van der Waals surface area contributed by atoms with Crippen LogP contribution in [0, 0.1) is 0 Å². The maximum absolute atomic E-state index is 8.08. The van der Waals surface area contributed by atoms with Crippen molar-refractivity contribution in [3.63, 3.8) is 0 Å². The SMILES string of the molecule is [2H]C([2H])([2H])N1CN(c2cccc(Sc3ccc4c(c3)N(c3ccccn3)c3ccccc3-c3ccccc3-4)c2)c2ccccc21. The number of aromatic nitrogens is 1. The first-order valence-electron chi connectivity index (χ1n) is 15.4. The normalized spacial score (nSPS) is 14.6. The van der Waals surface area contributed by atoms with E-state index in [0.717, 1.165) is 55.2 Å². The minimum absolute atomic E-state index is 0.265. The third-order valence-electron chi connectivity index (χ3n) is 7.85. The molecule has 0 saturated carbocycles. The van der Waals surface area contributed by atoms with Gasteiger partial charge < -0.3 is 9.80 Å². The van der Waals surface area contributed by atoms with Gasteiger partial charge in [0.15, 0.2) is 0 Å². The van der Waals surface area contributed by atoms with Gasteiger partial charge >= 0.3 is 0 Å². The van der Waals surface area contributed by atoms with Gasteiger partial charge in [-0.1, -0.05) is 84.6 Å². The minimum atomic E-state index is -2.23. The maximum Gasteiger partial charge on any atom is 0.137 e. The molecule has 5 aromatic carbocycles. The van der Waals surface area contributed by atoms with E-state index < -0.39 is 6.98 Å². The van der Waals surface area contributed by atoms with Gasteiger partial charge in [0, 0.05) is 43.9 Å². The average Bonchev–Trinajstić information content (AvgIpc) is 3.42. The fraction of sp³-hybridized carbons (Fsp3) is 0.0541. The van der Waals surface area contributed by atoms with Crippen LogP contribution in [0.1, 0.15) is 4.11 Å². The third kappa shape index (κ3) is 4.13. The molecule has 42 heavy (non-hydrogen) atoms. The van der Waals surface area contributed by atoms with Gasteiger partial charge in [-0.3, -0.25) is 4.90 Å². The zero-order valence-electron chi connectivity index (χ0n) is 25.7. The lowest BCUT2D eigenvalue weighted by Crippen LogP contribution is -2.23. The van der Waals surface area contributed by atoms with E-state index in [1.165, 1.54) is 16.0 Å². The van der Waals surface area contributed by atoms with Gasteiger partial charge in [0.25, 0.3) is 0 Å². The van der Waals surface area contributed by atoms with Gasteiger partial charge in [0.2, 0.25) is 0 Å². The Bertz CT molecular complexity index is 2050. The first-order valence-corrected chi connectivity index (χ1v) is 14.7. The lowest BCUT2D eigenvalue weighted by atomic mass is 9.95. The fourth-order valence-corrected chi connectivity index (χ4v) is 6.89. The summed E-state index contributed by atoms with van der Waals surface area (Å²) >= 11 is 1.69. The number of nitrogens with zero attached hydrogens (tertiary/aromatic N) is 4. The second-order valence-corrected chi connectivity index (χ2v) is 11.5. The summed E-state index contributed by atoms with van der Waals surface area (Å²) in [7, 11) is 0. The van der Waals surface area contributed by atoms with Crippen LogP contribution in [0.3, 0.4) is 0 Å². The summed E-state index contributed by atoms with van der Waals surface area (Å²) in [6.45, 7) is -1.96. The van der Waals surface area contributed by atoms with Crippen molar-refractivity contribution in [3.8, 4) is 22.3 Å². The predicted molar refractivity (Wildman–Crippen MR) is 176 cm³/mol. The van der Waals surface area contributed by atoms with E-state index in [0.29, 0.717) is 0 Å². The van der Waals surface area contributed by atoms with Crippen LogP contribution in [0.4, 0.5) is 34.3 Å². The Kier molecular flexibility index (Phi) is 5.23. The van der Waals surface area contributed by atoms with E-state index in [-0.39, 0.29) is 6.67 Å². The van der Waals surface area contributed by atoms with Crippen molar-refractivity contribution in [1.29, 1.82) is 0 Å². The quantitative estimate of drug-likeness (QED) is 0.212. The lowest BCUT2D eigenvalue weighted by Gasteiger charge is -2.26. The number of hydrogen-bond donors (Lipinski definition) is 0. The summed E-state index contributed by atoms with van der Waals surface area (Å²) in [5.41, 5.74) is 9.39. The molecule has 2 aliphatic heterocycles. The Labute approximate surface area is 254 Å². The zero-order valence-corrected chi connectivity index (χ0v) is 23.5. The molecule has 0 saturated heterocycles. The third-order valence-corrected chi connectivity index (χ3v) is 8.83. The summed E-state index contributed by atoms with van der Waals surface area (Å²) in [5, 5.41) is 0. The highest BCUT2D eigenvalue weighted by Crippen LogP contribution is 2.51.